The predicted molar refractivity (Wildman–Crippen MR) is 61.2 cm³/mol. The highest BCUT2D eigenvalue weighted by Crippen LogP contribution is 2.22. The number of rotatable bonds is 2. The summed E-state index contributed by atoms with van der Waals surface area (Å²) in [6.45, 7) is 0.656. The van der Waals surface area contributed by atoms with Crippen LogP contribution in [0.4, 0.5) is 0 Å². The van der Waals surface area contributed by atoms with Gasteiger partial charge in [0.1, 0.15) is 0 Å². The molecule has 82 valence electrons. The van der Waals surface area contributed by atoms with Gasteiger partial charge in [0.15, 0.2) is 5.16 Å². The van der Waals surface area contributed by atoms with E-state index in [4.69, 9.17) is 5.73 Å². The molecule has 1 heterocycles. The molecular weight excluding hydrogens is 210 g/mol. The average Bonchev–Trinajstić information content (AvgIpc) is 2.28. The van der Waals surface area contributed by atoms with E-state index in [-0.39, 0.29) is 5.56 Å². The fraction of sp³-hybridized carbons (Fsp3) is 0.600. The minimum absolute atomic E-state index is 0.0162. The van der Waals surface area contributed by atoms with Crippen molar-refractivity contribution in [3.8, 4) is 0 Å². The van der Waals surface area contributed by atoms with Gasteiger partial charge in [0.2, 0.25) is 0 Å². The van der Waals surface area contributed by atoms with E-state index < -0.39 is 0 Å². The van der Waals surface area contributed by atoms with Crippen LogP contribution in [-0.4, -0.2) is 22.8 Å². The van der Waals surface area contributed by atoms with Crippen molar-refractivity contribution in [2.45, 2.75) is 24.4 Å². The van der Waals surface area contributed by atoms with Gasteiger partial charge in [0.05, 0.1) is 5.69 Å². The fourth-order valence-electron chi connectivity index (χ4n) is 1.97. The van der Waals surface area contributed by atoms with Crippen LogP contribution >= 0.6 is 11.8 Å². The summed E-state index contributed by atoms with van der Waals surface area (Å²) in [4.78, 5) is 19.0. The van der Waals surface area contributed by atoms with Gasteiger partial charge in [-0.05, 0) is 38.0 Å². The summed E-state index contributed by atoms with van der Waals surface area (Å²) in [5.41, 5.74) is 7.45. The van der Waals surface area contributed by atoms with E-state index in [2.05, 4.69) is 9.97 Å². The van der Waals surface area contributed by atoms with Crippen LogP contribution in [0, 0.1) is 5.92 Å². The minimum atomic E-state index is 0.0162. The number of nitrogens with one attached hydrogen (secondary N) is 1. The Kier molecular flexibility index (Phi) is 3.11. The van der Waals surface area contributed by atoms with Crippen LogP contribution in [-0.2, 0) is 12.8 Å². The van der Waals surface area contributed by atoms with Crippen molar-refractivity contribution >= 4 is 11.8 Å². The number of fused-ring (bicyclic) bond motifs is 1. The lowest BCUT2D eigenvalue weighted by molar-refractivity contribution is 0.456. The summed E-state index contributed by atoms with van der Waals surface area (Å²) in [6, 6.07) is 0. The van der Waals surface area contributed by atoms with Crippen LogP contribution in [0.5, 0.6) is 0 Å². The molecule has 0 fully saturated rings. The molecule has 1 aliphatic rings. The molecule has 0 bridgehead atoms. The first-order chi connectivity index (χ1) is 7.24. The molecule has 1 aliphatic carbocycles. The van der Waals surface area contributed by atoms with Crippen molar-refractivity contribution in [2.24, 2.45) is 11.7 Å². The number of hydrogen-bond donors (Lipinski definition) is 2. The second kappa shape index (κ2) is 4.37. The van der Waals surface area contributed by atoms with E-state index in [9.17, 15) is 4.79 Å². The lowest BCUT2D eigenvalue weighted by Gasteiger charge is -2.21. The van der Waals surface area contributed by atoms with Gasteiger partial charge in [-0.15, -0.1) is 0 Å². The zero-order valence-electron chi connectivity index (χ0n) is 8.75. The summed E-state index contributed by atoms with van der Waals surface area (Å²) in [6.07, 6.45) is 4.63. The second-order valence-corrected chi connectivity index (χ2v) is 4.64. The van der Waals surface area contributed by atoms with Crippen LogP contribution in [0.3, 0.4) is 0 Å². The molecule has 0 saturated carbocycles. The first-order valence-electron chi connectivity index (χ1n) is 5.10. The fourth-order valence-corrected chi connectivity index (χ4v) is 2.36. The van der Waals surface area contributed by atoms with Crippen molar-refractivity contribution in [1.29, 1.82) is 0 Å². The van der Waals surface area contributed by atoms with E-state index in [1.165, 1.54) is 11.8 Å². The summed E-state index contributed by atoms with van der Waals surface area (Å²) < 4.78 is 0. The molecule has 15 heavy (non-hydrogen) atoms. The van der Waals surface area contributed by atoms with Crippen molar-refractivity contribution in [3.05, 3.63) is 21.6 Å². The van der Waals surface area contributed by atoms with Gasteiger partial charge in [-0.1, -0.05) is 11.8 Å². The van der Waals surface area contributed by atoms with Crippen molar-refractivity contribution in [3.63, 3.8) is 0 Å². The Hall–Kier alpha value is -0.810. The molecule has 1 aromatic rings. The molecule has 5 heteroatoms. The third-order valence-corrected chi connectivity index (χ3v) is 3.47. The highest BCUT2D eigenvalue weighted by molar-refractivity contribution is 7.98. The molecule has 3 N–H and O–H groups in total. The van der Waals surface area contributed by atoms with Crippen molar-refractivity contribution in [2.75, 3.05) is 12.8 Å². The average molecular weight is 225 g/mol. The van der Waals surface area contributed by atoms with Gasteiger partial charge in [0.25, 0.3) is 5.56 Å². The molecular formula is C10H15N3OS. The van der Waals surface area contributed by atoms with Crippen LogP contribution < -0.4 is 11.3 Å². The Bertz CT molecular complexity index is 416. The second-order valence-electron chi connectivity index (χ2n) is 3.84. The smallest absolute Gasteiger partial charge is 0.254 e. The number of hydrogen-bond acceptors (Lipinski definition) is 4. The third kappa shape index (κ3) is 2.08. The van der Waals surface area contributed by atoms with E-state index in [1.807, 2.05) is 6.26 Å². The lowest BCUT2D eigenvalue weighted by Crippen LogP contribution is -2.29. The van der Waals surface area contributed by atoms with Gasteiger partial charge in [-0.2, -0.15) is 0 Å². The number of aryl methyl sites for hydroxylation is 1. The minimum Gasteiger partial charge on any atom is -0.330 e. The molecule has 0 aromatic carbocycles. The third-order valence-electron chi connectivity index (χ3n) is 2.89. The highest BCUT2D eigenvalue weighted by atomic mass is 32.2. The van der Waals surface area contributed by atoms with Gasteiger partial charge >= 0.3 is 0 Å². The number of nitrogens with two attached hydrogens (primary N) is 1. The predicted octanol–water partition coefficient (Wildman–Crippen LogP) is 0.555. The van der Waals surface area contributed by atoms with Gasteiger partial charge in [-0.25, -0.2) is 4.98 Å². The first kappa shape index (κ1) is 10.7. The Morgan fingerprint density at radius 1 is 1.67 bits per heavy atom. The largest absolute Gasteiger partial charge is 0.330 e. The maximum atomic E-state index is 11.8. The summed E-state index contributed by atoms with van der Waals surface area (Å²) in [5, 5.41) is 0.713. The van der Waals surface area contributed by atoms with E-state index in [0.717, 1.165) is 30.5 Å². The molecule has 0 amide bonds. The van der Waals surface area contributed by atoms with Crippen LogP contribution in [0.25, 0.3) is 0 Å². The molecule has 1 atom stereocenters. The molecule has 0 spiro atoms. The molecule has 1 unspecified atom stereocenters. The number of thioether (sulfide) groups is 1. The molecule has 1 aromatic heterocycles. The van der Waals surface area contributed by atoms with Crippen molar-refractivity contribution < 1.29 is 0 Å². The van der Waals surface area contributed by atoms with Crippen molar-refractivity contribution in [1.82, 2.24) is 9.97 Å². The Labute approximate surface area is 92.7 Å². The topological polar surface area (TPSA) is 71.8 Å². The first-order valence-corrected chi connectivity index (χ1v) is 6.33. The molecule has 2 rings (SSSR count). The van der Waals surface area contributed by atoms with E-state index >= 15 is 0 Å². The normalized spacial score (nSPS) is 20.0. The maximum absolute atomic E-state index is 11.8. The Morgan fingerprint density at radius 3 is 3.13 bits per heavy atom. The summed E-state index contributed by atoms with van der Waals surface area (Å²) in [7, 11) is 0. The number of H-pyrrole nitrogens is 1. The lowest BCUT2D eigenvalue weighted by atomic mass is 9.87. The monoisotopic (exact) mass is 225 g/mol. The standard InChI is InChI=1S/C10H15N3OS/c1-15-10-12-8-3-2-6(5-11)4-7(8)9(14)13-10/h6H,2-5,11H2,1H3,(H,12,13,14). The van der Waals surface area contributed by atoms with E-state index in [1.54, 1.807) is 0 Å². The number of aromatic amines is 1. The number of nitrogens with zero attached hydrogens (tertiary/aromatic N) is 1. The summed E-state index contributed by atoms with van der Waals surface area (Å²) in [5.74, 6) is 0.445. The zero-order chi connectivity index (χ0) is 10.8. The maximum Gasteiger partial charge on any atom is 0.254 e. The number of aromatic nitrogens is 2. The van der Waals surface area contributed by atoms with Crippen LogP contribution in [0.15, 0.2) is 9.95 Å². The molecule has 4 nitrogen and oxygen atoms in total. The van der Waals surface area contributed by atoms with Gasteiger partial charge in [-0.3, -0.25) is 4.79 Å². The highest BCUT2D eigenvalue weighted by Gasteiger charge is 2.21. The van der Waals surface area contributed by atoms with Crippen LogP contribution in [0.2, 0.25) is 0 Å². The van der Waals surface area contributed by atoms with Crippen LogP contribution in [0.1, 0.15) is 17.7 Å². The molecule has 0 saturated heterocycles. The SMILES string of the molecule is CSc1nc2c(c(=O)[nH]1)CC(CN)CC2. The molecule has 0 radical (unpaired) electrons. The van der Waals surface area contributed by atoms with Gasteiger partial charge in [0, 0.05) is 5.56 Å². The molecule has 0 aliphatic heterocycles. The van der Waals surface area contributed by atoms with E-state index in [0.29, 0.717) is 17.6 Å². The Balaban J connectivity index is 2.39. The van der Waals surface area contributed by atoms with Gasteiger partial charge < -0.3 is 10.7 Å². The summed E-state index contributed by atoms with van der Waals surface area (Å²) >= 11 is 1.47. The quantitative estimate of drug-likeness (QED) is 0.570. The zero-order valence-corrected chi connectivity index (χ0v) is 9.56. The Morgan fingerprint density at radius 2 is 2.47 bits per heavy atom.